The molecule has 1 saturated heterocycles. The number of carboxylic acid groups (broad SMARTS) is 2. The molecule has 13 atom stereocenters. The van der Waals surface area contributed by atoms with E-state index in [1.807, 2.05) is 30.3 Å². The second-order valence-electron chi connectivity index (χ2n) is 26.9. The van der Waals surface area contributed by atoms with Crippen LogP contribution in [0.5, 0.6) is 5.75 Å². The van der Waals surface area contributed by atoms with Crippen molar-refractivity contribution in [2.75, 3.05) is 19.6 Å². The molecule has 34 heteroatoms. The number of aliphatic carboxylic acids is 2. The second kappa shape index (κ2) is 43.4. The van der Waals surface area contributed by atoms with Crippen molar-refractivity contribution in [3.05, 3.63) is 102 Å². The maximum atomic E-state index is 14.7. The number of phenolic OH excluding ortho intramolecular Hbond substituents is 1. The number of guanidine groups is 1. The van der Waals surface area contributed by atoms with Crippen LogP contribution in [0.4, 0.5) is 0 Å². The molecule has 105 heavy (non-hydrogen) atoms. The van der Waals surface area contributed by atoms with Crippen molar-refractivity contribution >= 4 is 88.8 Å². The number of rotatable bonds is 44. The van der Waals surface area contributed by atoms with Gasteiger partial charge in [-0.3, -0.25) is 67.3 Å². The molecular weight excluding hydrogens is 1360 g/mol. The Kier molecular flexibility index (Phi) is 35.8. The second-order valence-corrected chi connectivity index (χ2v) is 26.9. The maximum Gasteiger partial charge on any atom is 0.326 e. The third-order valence-electron chi connectivity index (χ3n) is 17.4. The van der Waals surface area contributed by atoms with Crippen LogP contribution < -0.4 is 76.1 Å². The van der Waals surface area contributed by atoms with Crippen LogP contribution in [0.25, 0.3) is 0 Å². The lowest BCUT2D eigenvalue weighted by Gasteiger charge is -2.33. The molecule has 1 aliphatic rings. The number of aromatic hydroxyl groups is 1. The summed E-state index contributed by atoms with van der Waals surface area (Å²) < 4.78 is 0. The number of phenols is 1. The van der Waals surface area contributed by atoms with Crippen LogP contribution in [0, 0.1) is 17.8 Å². The SMILES string of the molecule is CCC(C)C(NC(=O)C1CCCN1C(=O)C(NC(=O)C(N)Cc1ccccc1)C(C)C)C(=O)NC(Cc1ccccc1)C(=O)NC(C(=O)NC(Cc1ccc(O)cc1)C(=O)NCC(=O)NC(CCC(=O)O)C(=O)NC(CC(C)C)C(=O)NC(CCC(N)=O)C(=O)NC(CCCN=C(N)N)C(=O)O)C(C)O. The summed E-state index contributed by atoms with van der Waals surface area (Å²) in [6.45, 7) is 10.7. The molecule has 0 spiro atoms. The smallest absolute Gasteiger partial charge is 0.326 e. The Hall–Kier alpha value is -10.8. The molecule has 13 unspecified atom stereocenters. The van der Waals surface area contributed by atoms with Crippen molar-refractivity contribution in [1.29, 1.82) is 0 Å². The number of aliphatic hydroxyl groups is 1. The van der Waals surface area contributed by atoms with Gasteiger partial charge in [-0.15, -0.1) is 0 Å². The van der Waals surface area contributed by atoms with Crippen molar-refractivity contribution in [3.63, 3.8) is 0 Å². The number of likely N-dealkylation sites (tertiary alicyclic amines) is 1. The maximum absolute atomic E-state index is 14.7. The molecule has 1 fully saturated rings. The van der Waals surface area contributed by atoms with Gasteiger partial charge < -0.3 is 101 Å². The number of aliphatic hydroxyl groups excluding tert-OH is 1. The Morgan fingerprint density at radius 1 is 0.543 bits per heavy atom. The minimum Gasteiger partial charge on any atom is -0.508 e. The van der Waals surface area contributed by atoms with Gasteiger partial charge in [0.25, 0.3) is 0 Å². The number of primary amides is 1. The first kappa shape index (κ1) is 86.6. The Morgan fingerprint density at radius 2 is 1.04 bits per heavy atom. The number of nitrogens with one attached hydrogen (secondary N) is 10. The molecule has 4 rings (SSSR count). The first-order valence-corrected chi connectivity index (χ1v) is 35.0. The molecule has 0 aliphatic carbocycles. The van der Waals surface area contributed by atoms with E-state index in [1.54, 1.807) is 71.9 Å². The zero-order valence-corrected chi connectivity index (χ0v) is 60.3. The molecule has 1 heterocycles. The van der Waals surface area contributed by atoms with E-state index < -0.39 is 199 Å². The van der Waals surface area contributed by atoms with Crippen molar-refractivity contribution in [3.8, 4) is 5.75 Å². The number of carbonyl (C=O) groups excluding carboxylic acids is 12. The monoisotopic (exact) mass is 1470 g/mol. The lowest BCUT2D eigenvalue weighted by atomic mass is 9.96. The zero-order valence-electron chi connectivity index (χ0n) is 60.3. The van der Waals surface area contributed by atoms with Crippen LogP contribution in [0.1, 0.15) is 129 Å². The van der Waals surface area contributed by atoms with Crippen LogP contribution in [0.2, 0.25) is 0 Å². The average Bonchev–Trinajstić information content (AvgIpc) is 1.76. The van der Waals surface area contributed by atoms with Gasteiger partial charge in [0.2, 0.25) is 70.9 Å². The predicted octanol–water partition coefficient (Wildman–Crippen LogP) is -2.38. The highest BCUT2D eigenvalue weighted by atomic mass is 16.4. The molecule has 34 nitrogen and oxygen atoms in total. The third kappa shape index (κ3) is 29.8. The summed E-state index contributed by atoms with van der Waals surface area (Å²) in [7, 11) is 0. The van der Waals surface area contributed by atoms with Crippen molar-refractivity contribution in [1.82, 2.24) is 58.1 Å². The lowest BCUT2D eigenvalue weighted by Crippen LogP contribution is -2.62. The summed E-state index contributed by atoms with van der Waals surface area (Å²) in [4.78, 5) is 197. The number of aliphatic imine (C=N–C) groups is 1. The van der Waals surface area contributed by atoms with Gasteiger partial charge in [0.15, 0.2) is 5.96 Å². The summed E-state index contributed by atoms with van der Waals surface area (Å²) in [5, 5.41) is 66.0. The Bertz CT molecular complexity index is 3490. The Morgan fingerprint density at radius 3 is 1.57 bits per heavy atom. The number of hydrogen-bond acceptors (Lipinski definition) is 18. The van der Waals surface area contributed by atoms with Gasteiger partial charge in [-0.25, -0.2) is 4.79 Å². The van der Waals surface area contributed by atoms with Gasteiger partial charge in [-0.1, -0.05) is 121 Å². The summed E-state index contributed by atoms with van der Waals surface area (Å²) in [5.41, 5.74) is 24.0. The topological polar surface area (TPSA) is 560 Å². The van der Waals surface area contributed by atoms with Gasteiger partial charge in [0.1, 0.15) is 66.2 Å². The van der Waals surface area contributed by atoms with E-state index in [0.717, 1.165) is 12.5 Å². The quantitative estimate of drug-likeness (QED) is 0.0160. The fourth-order valence-electron chi connectivity index (χ4n) is 11.4. The highest BCUT2D eigenvalue weighted by Gasteiger charge is 2.42. The number of hydrogen-bond donors (Lipinski definition) is 18. The van der Waals surface area contributed by atoms with Crippen molar-refractivity contribution in [2.45, 2.75) is 205 Å². The van der Waals surface area contributed by atoms with Gasteiger partial charge in [-0.2, -0.15) is 0 Å². The van der Waals surface area contributed by atoms with Crippen LogP contribution in [0.3, 0.4) is 0 Å². The molecule has 576 valence electrons. The molecule has 0 aromatic heterocycles. The average molecular weight is 1470 g/mol. The normalized spacial score (nSPS) is 16.0. The third-order valence-corrected chi connectivity index (χ3v) is 17.4. The van der Waals surface area contributed by atoms with Gasteiger partial charge in [-0.05, 0) is 105 Å². The molecule has 12 amide bonds. The van der Waals surface area contributed by atoms with Crippen LogP contribution >= 0.6 is 0 Å². The Labute approximate surface area is 609 Å². The van der Waals surface area contributed by atoms with Crippen LogP contribution in [0.15, 0.2) is 89.9 Å². The van der Waals surface area contributed by atoms with Crippen LogP contribution in [-0.2, 0) is 86.4 Å². The molecule has 3 aromatic rings. The predicted molar refractivity (Wildman–Crippen MR) is 383 cm³/mol. The zero-order chi connectivity index (χ0) is 78.2. The number of carboxylic acids is 2. The molecule has 0 saturated carbocycles. The van der Waals surface area contributed by atoms with Crippen LogP contribution in [-0.4, -0.2) is 206 Å². The number of nitrogens with two attached hydrogens (primary N) is 4. The summed E-state index contributed by atoms with van der Waals surface area (Å²) in [5.74, 6) is -15.5. The van der Waals surface area contributed by atoms with Crippen molar-refractivity contribution < 1.29 is 87.5 Å². The molecule has 3 aromatic carbocycles. The molecule has 22 N–H and O–H groups in total. The number of nitrogens with zero attached hydrogens (tertiary/aromatic N) is 2. The summed E-state index contributed by atoms with van der Waals surface area (Å²) in [6, 6.07) is 7.21. The summed E-state index contributed by atoms with van der Waals surface area (Å²) in [6.07, 6.45) is -3.37. The molecule has 0 bridgehead atoms. The minimum atomic E-state index is -1.86. The van der Waals surface area contributed by atoms with Gasteiger partial charge >= 0.3 is 11.9 Å². The molecule has 1 aliphatic heterocycles. The lowest BCUT2D eigenvalue weighted by molar-refractivity contribution is -0.143. The number of benzene rings is 3. The van der Waals surface area contributed by atoms with E-state index in [9.17, 15) is 87.5 Å². The Balaban J connectivity index is 1.55. The minimum absolute atomic E-state index is 0.0222. The van der Waals surface area contributed by atoms with E-state index >= 15 is 0 Å². The van der Waals surface area contributed by atoms with E-state index in [2.05, 4.69) is 58.2 Å². The fraction of sp³-hybridized carbons (Fsp3) is 0.535. The van der Waals surface area contributed by atoms with Crippen molar-refractivity contribution in [2.24, 2.45) is 45.7 Å². The standard InChI is InChI=1S/C71H104N16O18/c1-8-40(6)58(85-66(100)53-22-16-32-87(53)69(103)57(39(4)5)84-60(94)46(72)34-42-17-11-9-12-18-42)67(101)83-52(35-43-19-13-10-14-20-43)65(99)86-59(41(7)88)68(102)82-51(36-44-23-25-45(89)26-24-44)61(95)77-37-55(91)78-47(28-30-56(92)93)62(96)81-50(33-38(2)3)64(98)79-48(27-29-54(73)90)63(97)80-49(70(104)105)21-15-31-76-71(74)75/h9-14,17-20,23-26,38-41,46-53,57-59,88-89H,8,15-16,21-22,27-37,72H2,1-7H3,(H2,73,90)(H,77,95)(H,78,91)(H,79,98)(H,80,97)(H,81,96)(H,82,102)(H,83,101)(H,84,94)(H,85,100)(H,86,99)(H,92,93)(H,104,105)(H4,74,75,76). The molecular formula is C71H104N16O18. The van der Waals surface area contributed by atoms with E-state index in [4.69, 9.17) is 22.9 Å². The largest absolute Gasteiger partial charge is 0.508 e. The molecule has 0 radical (unpaired) electrons. The highest BCUT2D eigenvalue weighted by Crippen LogP contribution is 2.23. The summed E-state index contributed by atoms with van der Waals surface area (Å²) >= 11 is 0. The highest BCUT2D eigenvalue weighted by molar-refractivity contribution is 5.99. The van der Waals surface area contributed by atoms with Gasteiger partial charge in [0.05, 0.1) is 18.7 Å². The first-order valence-electron chi connectivity index (χ1n) is 35.0. The van der Waals surface area contributed by atoms with E-state index in [-0.39, 0.29) is 75.7 Å². The number of amides is 12. The van der Waals surface area contributed by atoms with Gasteiger partial charge in [0, 0.05) is 38.8 Å². The van der Waals surface area contributed by atoms with E-state index in [0.29, 0.717) is 24.0 Å². The first-order chi connectivity index (χ1) is 49.6. The van der Waals surface area contributed by atoms with E-state index in [1.165, 1.54) is 29.2 Å². The fourth-order valence-corrected chi connectivity index (χ4v) is 11.4. The number of carbonyl (C=O) groups is 14.